The molecule has 0 aliphatic heterocycles. The Morgan fingerprint density at radius 3 is 2.29 bits per heavy atom. The highest BCUT2D eigenvalue weighted by atomic mass is 79.9. The van der Waals surface area contributed by atoms with Crippen LogP contribution in [0.5, 0.6) is 0 Å². The Balaban J connectivity index is 3.35. The van der Waals surface area contributed by atoms with E-state index in [-0.39, 0.29) is 6.42 Å². The maximum Gasteiger partial charge on any atom is 0.195 e. The molecule has 1 atom stereocenters. The molecular weight excluding hydrogens is 304 g/mol. The summed E-state index contributed by atoms with van der Waals surface area (Å²) >= 11 is 3.10. The molecule has 0 aliphatic carbocycles. The fourth-order valence-electron chi connectivity index (χ4n) is 1.62. The van der Waals surface area contributed by atoms with Crippen molar-refractivity contribution >= 4 is 31.6 Å². The average Bonchev–Trinajstić information content (AvgIpc) is 2.26. The number of aryl methyl sites for hydroxylation is 1. The summed E-state index contributed by atoms with van der Waals surface area (Å²) in [6, 6.07) is 6.98. The van der Waals surface area contributed by atoms with E-state index in [1.807, 2.05) is 6.07 Å². The van der Waals surface area contributed by atoms with E-state index >= 15 is 0 Å². The minimum atomic E-state index is -3.51. The first-order valence-electron chi connectivity index (χ1n) is 5.23. The number of ketones is 1. The minimum Gasteiger partial charge on any atom is -0.291 e. The van der Waals surface area contributed by atoms with Gasteiger partial charge in [0.1, 0.15) is 0 Å². The zero-order valence-electron chi connectivity index (χ0n) is 10.0. The molecule has 0 aliphatic rings. The fourth-order valence-corrected chi connectivity index (χ4v) is 2.80. The van der Waals surface area contributed by atoms with E-state index in [0.717, 1.165) is 11.8 Å². The van der Waals surface area contributed by atoms with Gasteiger partial charge in [0.25, 0.3) is 0 Å². The summed E-state index contributed by atoms with van der Waals surface area (Å²) < 4.78 is 22.0. The highest BCUT2D eigenvalue weighted by Crippen LogP contribution is 2.33. The van der Waals surface area contributed by atoms with Gasteiger partial charge < -0.3 is 0 Å². The van der Waals surface area contributed by atoms with E-state index in [4.69, 9.17) is 0 Å². The second-order valence-corrected chi connectivity index (χ2v) is 8.12. The zero-order chi connectivity index (χ0) is 13.3. The summed E-state index contributed by atoms with van der Waals surface area (Å²) in [5.41, 5.74) is 1.22. The van der Waals surface area contributed by atoms with Crippen molar-refractivity contribution in [3.05, 3.63) is 35.4 Å². The van der Waals surface area contributed by atoms with Gasteiger partial charge in [-0.05, 0) is 18.9 Å². The maximum atomic E-state index is 12.3. The van der Waals surface area contributed by atoms with E-state index < -0.39 is 19.3 Å². The van der Waals surface area contributed by atoms with Crippen LogP contribution in [0.1, 0.15) is 29.3 Å². The van der Waals surface area contributed by atoms with E-state index in [0.29, 0.717) is 5.56 Å². The number of Topliss-reactive ketones (excluding diaryl/α,β-unsaturated/α-hetero) is 1. The summed E-state index contributed by atoms with van der Waals surface area (Å²) in [6.07, 6.45) is 1.26. The van der Waals surface area contributed by atoms with Crippen LogP contribution in [0.2, 0.25) is 0 Å². The number of hydrogen-bond donors (Lipinski definition) is 0. The lowest BCUT2D eigenvalue weighted by Gasteiger charge is -2.23. The number of alkyl halides is 1. The normalized spacial score (nSPS) is 15.3. The van der Waals surface area contributed by atoms with Gasteiger partial charge in [0.15, 0.2) is 19.3 Å². The number of benzene rings is 1. The maximum absolute atomic E-state index is 12.3. The molecule has 1 aromatic carbocycles. The zero-order valence-corrected chi connectivity index (χ0v) is 12.4. The van der Waals surface area contributed by atoms with Crippen LogP contribution in [0.15, 0.2) is 24.3 Å². The van der Waals surface area contributed by atoms with Crippen LogP contribution in [0.3, 0.4) is 0 Å². The van der Waals surface area contributed by atoms with Crippen molar-refractivity contribution in [2.45, 2.75) is 23.9 Å². The second-order valence-electron chi connectivity index (χ2n) is 4.00. The molecule has 0 bridgehead atoms. The first-order chi connectivity index (χ1) is 7.74. The lowest BCUT2D eigenvalue weighted by Crippen LogP contribution is -2.39. The monoisotopic (exact) mass is 318 g/mol. The van der Waals surface area contributed by atoms with Crippen molar-refractivity contribution in [1.82, 2.24) is 0 Å². The Kier molecular flexibility index (Phi) is 4.15. The summed E-state index contributed by atoms with van der Waals surface area (Å²) in [5.74, 6) is -0.402. The molecule has 0 aromatic heterocycles. The highest BCUT2D eigenvalue weighted by Gasteiger charge is 2.44. The average molecular weight is 319 g/mol. The molecule has 0 saturated heterocycles. The molecule has 1 aromatic rings. The Morgan fingerprint density at radius 2 is 1.88 bits per heavy atom. The molecule has 5 heteroatoms. The van der Waals surface area contributed by atoms with Gasteiger partial charge in [-0.1, -0.05) is 47.1 Å². The molecule has 94 valence electrons. The SMILES string of the molecule is CC[C@@](Br)(C(=O)c1ccccc1C)S(C)(=O)=O. The molecule has 0 unspecified atom stereocenters. The van der Waals surface area contributed by atoms with E-state index in [9.17, 15) is 13.2 Å². The van der Waals surface area contributed by atoms with Crippen molar-refractivity contribution in [3.8, 4) is 0 Å². The second kappa shape index (κ2) is 4.90. The number of sulfone groups is 1. The summed E-state index contributed by atoms with van der Waals surface area (Å²) in [6.45, 7) is 3.46. The molecule has 0 amide bonds. The predicted molar refractivity (Wildman–Crippen MR) is 72.3 cm³/mol. The van der Waals surface area contributed by atoms with Crippen molar-refractivity contribution in [2.75, 3.05) is 6.26 Å². The largest absolute Gasteiger partial charge is 0.291 e. The van der Waals surface area contributed by atoms with Crippen LogP contribution in [0.25, 0.3) is 0 Å². The number of carbonyl (C=O) groups is 1. The molecule has 0 spiro atoms. The third kappa shape index (κ3) is 2.60. The van der Waals surface area contributed by atoms with Crippen LogP contribution in [-0.4, -0.2) is 24.1 Å². The number of halogens is 1. The lowest BCUT2D eigenvalue weighted by molar-refractivity contribution is 0.0975. The fraction of sp³-hybridized carbons (Fsp3) is 0.417. The Hall–Kier alpha value is -0.680. The number of rotatable bonds is 4. The first-order valence-corrected chi connectivity index (χ1v) is 7.91. The third-order valence-electron chi connectivity index (χ3n) is 2.77. The van der Waals surface area contributed by atoms with Gasteiger partial charge in [0, 0.05) is 11.8 Å². The lowest BCUT2D eigenvalue weighted by atomic mass is 10.0. The van der Waals surface area contributed by atoms with Crippen molar-refractivity contribution in [3.63, 3.8) is 0 Å². The summed E-state index contributed by atoms with van der Waals surface area (Å²) in [5, 5.41) is 0. The van der Waals surface area contributed by atoms with Crippen LogP contribution in [-0.2, 0) is 9.84 Å². The quantitative estimate of drug-likeness (QED) is 0.633. The van der Waals surface area contributed by atoms with Gasteiger partial charge >= 0.3 is 0 Å². The molecule has 3 nitrogen and oxygen atoms in total. The summed E-state index contributed by atoms with van der Waals surface area (Å²) in [4.78, 5) is 12.3. The smallest absolute Gasteiger partial charge is 0.195 e. The predicted octanol–water partition coefficient (Wildman–Crippen LogP) is 2.72. The van der Waals surface area contributed by atoms with Gasteiger partial charge in [-0.3, -0.25) is 4.79 Å². The van der Waals surface area contributed by atoms with Crippen molar-refractivity contribution in [2.24, 2.45) is 0 Å². The van der Waals surface area contributed by atoms with E-state index in [1.54, 1.807) is 32.0 Å². The molecule has 17 heavy (non-hydrogen) atoms. The molecule has 0 radical (unpaired) electrons. The van der Waals surface area contributed by atoms with E-state index in [1.165, 1.54) is 0 Å². The van der Waals surface area contributed by atoms with Crippen molar-refractivity contribution in [1.29, 1.82) is 0 Å². The molecular formula is C12H15BrO3S. The van der Waals surface area contributed by atoms with Crippen LogP contribution >= 0.6 is 15.9 Å². The minimum absolute atomic E-state index is 0.193. The molecule has 0 saturated carbocycles. The van der Waals surface area contributed by atoms with Gasteiger partial charge in [-0.2, -0.15) is 0 Å². The van der Waals surface area contributed by atoms with Gasteiger partial charge in [-0.25, -0.2) is 8.42 Å². The molecule has 0 fully saturated rings. The van der Waals surface area contributed by atoms with Crippen LogP contribution in [0, 0.1) is 6.92 Å². The molecule has 1 rings (SSSR count). The number of hydrogen-bond acceptors (Lipinski definition) is 3. The van der Waals surface area contributed by atoms with Crippen LogP contribution in [0.4, 0.5) is 0 Å². The Morgan fingerprint density at radius 1 is 1.35 bits per heavy atom. The molecule has 0 heterocycles. The van der Waals surface area contributed by atoms with Crippen LogP contribution < -0.4 is 0 Å². The van der Waals surface area contributed by atoms with E-state index in [2.05, 4.69) is 15.9 Å². The Bertz CT molecular complexity index is 536. The van der Waals surface area contributed by atoms with Crippen molar-refractivity contribution < 1.29 is 13.2 Å². The van der Waals surface area contributed by atoms with Gasteiger partial charge in [-0.15, -0.1) is 0 Å². The Labute approximate surface area is 110 Å². The summed E-state index contributed by atoms with van der Waals surface area (Å²) in [7, 11) is -3.51. The highest BCUT2D eigenvalue weighted by molar-refractivity contribution is 9.12. The third-order valence-corrected chi connectivity index (χ3v) is 7.11. The van der Waals surface area contributed by atoms with Gasteiger partial charge in [0.05, 0.1) is 0 Å². The van der Waals surface area contributed by atoms with Gasteiger partial charge in [0.2, 0.25) is 0 Å². The molecule has 0 N–H and O–H groups in total. The first kappa shape index (κ1) is 14.4. The number of carbonyl (C=O) groups excluding carboxylic acids is 1. The standard InChI is InChI=1S/C12H15BrO3S/c1-4-12(13,17(3,15)16)11(14)10-8-6-5-7-9(10)2/h5-8H,4H2,1-3H3/t12-/m0/s1. The topological polar surface area (TPSA) is 51.2 Å².